The minimum absolute atomic E-state index is 0.236. The van der Waals surface area contributed by atoms with Gasteiger partial charge in [0.05, 0.1) is 12.1 Å². The molecule has 0 N–H and O–H groups in total. The Kier molecular flexibility index (Phi) is 4.52. The van der Waals surface area contributed by atoms with Gasteiger partial charge in [-0.25, -0.2) is 4.98 Å². The molecule has 1 saturated heterocycles. The molecule has 0 aliphatic carbocycles. The van der Waals surface area contributed by atoms with Crippen molar-refractivity contribution in [2.24, 2.45) is 5.92 Å². The van der Waals surface area contributed by atoms with Crippen LogP contribution in [0.4, 0.5) is 0 Å². The molecule has 0 spiro atoms. The van der Waals surface area contributed by atoms with Crippen LogP contribution in [0.15, 0.2) is 24.5 Å². The fourth-order valence-corrected chi connectivity index (χ4v) is 3.93. The van der Waals surface area contributed by atoms with Crippen molar-refractivity contribution in [1.29, 1.82) is 0 Å². The maximum absolute atomic E-state index is 12.5. The van der Waals surface area contributed by atoms with E-state index in [1.165, 1.54) is 6.42 Å². The molecule has 3 heterocycles. The lowest BCUT2D eigenvalue weighted by atomic mass is 10.00. The first-order chi connectivity index (χ1) is 10.6. The van der Waals surface area contributed by atoms with E-state index < -0.39 is 0 Å². The molecule has 2 aromatic heterocycles. The largest absolute Gasteiger partial charge is 0.342 e. The van der Waals surface area contributed by atoms with E-state index >= 15 is 0 Å². The van der Waals surface area contributed by atoms with Gasteiger partial charge in [-0.2, -0.15) is 0 Å². The van der Waals surface area contributed by atoms with Crippen molar-refractivity contribution in [2.75, 3.05) is 13.1 Å². The molecule has 0 aromatic carbocycles. The van der Waals surface area contributed by atoms with Crippen molar-refractivity contribution in [2.45, 2.75) is 33.1 Å². The number of piperidine rings is 1. The SMILES string of the molecule is Cc1nc(-c2ccncc2)sc1CC(=O)N1CCCC(C)C1. The normalized spacial score (nSPS) is 18.5. The third-order valence-corrected chi connectivity index (χ3v) is 5.35. The minimum atomic E-state index is 0.236. The fraction of sp³-hybridized carbons (Fsp3) is 0.471. The number of aryl methyl sites for hydroxylation is 1. The van der Waals surface area contributed by atoms with Gasteiger partial charge in [-0.15, -0.1) is 11.3 Å². The number of nitrogens with zero attached hydrogens (tertiary/aromatic N) is 3. The number of hydrogen-bond donors (Lipinski definition) is 0. The van der Waals surface area contributed by atoms with Crippen molar-refractivity contribution in [3.63, 3.8) is 0 Å². The molecule has 0 bridgehead atoms. The third kappa shape index (κ3) is 3.35. The van der Waals surface area contributed by atoms with Crippen LogP contribution in [0, 0.1) is 12.8 Å². The first kappa shape index (κ1) is 15.2. The second-order valence-electron chi connectivity index (χ2n) is 6.03. The Morgan fingerprint density at radius 2 is 2.18 bits per heavy atom. The van der Waals surface area contributed by atoms with Crippen LogP contribution in [0.3, 0.4) is 0 Å². The van der Waals surface area contributed by atoms with Gasteiger partial charge >= 0.3 is 0 Å². The number of aromatic nitrogens is 2. The van der Waals surface area contributed by atoms with E-state index in [4.69, 9.17) is 0 Å². The molecule has 0 radical (unpaired) electrons. The fourth-order valence-electron chi connectivity index (χ4n) is 2.88. The predicted octanol–water partition coefficient (Wildman–Crippen LogP) is 3.31. The maximum atomic E-state index is 12.5. The number of rotatable bonds is 3. The average molecular weight is 315 g/mol. The summed E-state index contributed by atoms with van der Waals surface area (Å²) in [5.41, 5.74) is 2.03. The van der Waals surface area contributed by atoms with Gasteiger partial charge in [0, 0.05) is 35.9 Å². The number of carbonyl (C=O) groups is 1. The van der Waals surface area contributed by atoms with Crippen molar-refractivity contribution in [3.05, 3.63) is 35.1 Å². The van der Waals surface area contributed by atoms with Crippen LogP contribution in [-0.4, -0.2) is 33.9 Å². The Morgan fingerprint density at radius 3 is 2.91 bits per heavy atom. The number of pyridine rings is 1. The molecule has 1 aliphatic rings. The van der Waals surface area contributed by atoms with Crippen LogP contribution in [0.1, 0.15) is 30.3 Å². The van der Waals surface area contributed by atoms with Crippen LogP contribution >= 0.6 is 11.3 Å². The monoisotopic (exact) mass is 315 g/mol. The molecular weight excluding hydrogens is 294 g/mol. The number of thiazole rings is 1. The van der Waals surface area contributed by atoms with Crippen LogP contribution in [-0.2, 0) is 11.2 Å². The Labute approximate surface area is 135 Å². The molecule has 1 atom stereocenters. The van der Waals surface area contributed by atoms with Crippen molar-refractivity contribution < 1.29 is 4.79 Å². The molecule has 1 fully saturated rings. The van der Waals surface area contributed by atoms with Crippen molar-refractivity contribution in [1.82, 2.24) is 14.9 Å². The molecule has 4 nitrogen and oxygen atoms in total. The molecule has 0 saturated carbocycles. The smallest absolute Gasteiger partial charge is 0.227 e. The summed E-state index contributed by atoms with van der Waals surface area (Å²) in [5.74, 6) is 0.854. The van der Waals surface area contributed by atoms with E-state index in [2.05, 4.69) is 16.9 Å². The first-order valence-electron chi connectivity index (χ1n) is 7.78. The zero-order chi connectivity index (χ0) is 15.5. The Morgan fingerprint density at radius 1 is 1.41 bits per heavy atom. The molecule has 1 amide bonds. The van der Waals surface area contributed by atoms with Crippen LogP contribution in [0.2, 0.25) is 0 Å². The molecule has 3 rings (SSSR count). The molecule has 1 aliphatic heterocycles. The van der Waals surface area contributed by atoms with Gasteiger partial charge in [0.15, 0.2) is 0 Å². The quantitative estimate of drug-likeness (QED) is 0.873. The molecule has 22 heavy (non-hydrogen) atoms. The molecule has 5 heteroatoms. The Balaban J connectivity index is 1.73. The highest BCUT2D eigenvalue weighted by Gasteiger charge is 2.22. The second-order valence-corrected chi connectivity index (χ2v) is 7.11. The highest BCUT2D eigenvalue weighted by molar-refractivity contribution is 7.15. The lowest BCUT2D eigenvalue weighted by molar-refractivity contribution is -0.132. The number of amides is 1. The highest BCUT2D eigenvalue weighted by atomic mass is 32.1. The van der Waals surface area contributed by atoms with Crippen LogP contribution < -0.4 is 0 Å². The topological polar surface area (TPSA) is 46.1 Å². The summed E-state index contributed by atoms with van der Waals surface area (Å²) in [6.45, 7) is 6.01. The molecule has 116 valence electrons. The zero-order valence-corrected chi connectivity index (χ0v) is 13.9. The van der Waals surface area contributed by atoms with E-state index in [0.717, 1.165) is 40.7 Å². The summed E-state index contributed by atoms with van der Waals surface area (Å²) < 4.78 is 0. The van der Waals surface area contributed by atoms with Gasteiger partial charge in [-0.05, 0) is 37.8 Å². The van der Waals surface area contributed by atoms with Gasteiger partial charge in [0.25, 0.3) is 0 Å². The summed E-state index contributed by atoms with van der Waals surface area (Å²) >= 11 is 1.62. The maximum Gasteiger partial charge on any atom is 0.227 e. The lowest BCUT2D eigenvalue weighted by Crippen LogP contribution is -2.39. The minimum Gasteiger partial charge on any atom is -0.342 e. The van der Waals surface area contributed by atoms with Gasteiger partial charge in [0.2, 0.25) is 5.91 Å². The van der Waals surface area contributed by atoms with Crippen LogP contribution in [0.5, 0.6) is 0 Å². The first-order valence-corrected chi connectivity index (χ1v) is 8.59. The molecular formula is C17H21N3OS. The van der Waals surface area contributed by atoms with E-state index in [1.54, 1.807) is 23.7 Å². The average Bonchev–Trinajstić information content (AvgIpc) is 2.89. The Bertz CT molecular complexity index is 653. The number of likely N-dealkylation sites (tertiary alicyclic amines) is 1. The molecule has 2 aromatic rings. The van der Waals surface area contributed by atoms with E-state index in [9.17, 15) is 4.79 Å². The number of hydrogen-bond acceptors (Lipinski definition) is 4. The van der Waals surface area contributed by atoms with Gasteiger partial charge < -0.3 is 4.90 Å². The highest BCUT2D eigenvalue weighted by Crippen LogP contribution is 2.28. The number of carbonyl (C=O) groups excluding carboxylic acids is 1. The zero-order valence-electron chi connectivity index (χ0n) is 13.1. The lowest BCUT2D eigenvalue weighted by Gasteiger charge is -2.30. The van der Waals surface area contributed by atoms with E-state index in [0.29, 0.717) is 12.3 Å². The summed E-state index contributed by atoms with van der Waals surface area (Å²) in [6.07, 6.45) is 6.37. The van der Waals surface area contributed by atoms with Gasteiger partial charge in [0.1, 0.15) is 5.01 Å². The Hall–Kier alpha value is -1.75. The summed E-state index contributed by atoms with van der Waals surface area (Å²) in [7, 11) is 0. The standard InChI is InChI=1S/C17H21N3OS/c1-12-4-3-9-20(11-12)16(21)10-15-13(2)19-17(22-15)14-5-7-18-8-6-14/h5-8,12H,3-4,9-11H2,1-2H3. The summed E-state index contributed by atoms with van der Waals surface area (Å²) in [4.78, 5) is 24.2. The van der Waals surface area contributed by atoms with Crippen LogP contribution in [0.25, 0.3) is 10.6 Å². The van der Waals surface area contributed by atoms with Gasteiger partial charge in [-0.1, -0.05) is 6.92 Å². The van der Waals surface area contributed by atoms with E-state index in [-0.39, 0.29) is 5.91 Å². The predicted molar refractivity (Wildman–Crippen MR) is 88.8 cm³/mol. The van der Waals surface area contributed by atoms with E-state index in [1.807, 2.05) is 24.0 Å². The van der Waals surface area contributed by atoms with Gasteiger partial charge in [-0.3, -0.25) is 9.78 Å². The van der Waals surface area contributed by atoms with Crippen molar-refractivity contribution >= 4 is 17.2 Å². The third-order valence-electron chi connectivity index (χ3n) is 4.14. The summed E-state index contributed by atoms with van der Waals surface area (Å²) in [5, 5.41) is 0.967. The van der Waals surface area contributed by atoms with Crippen molar-refractivity contribution in [3.8, 4) is 10.6 Å². The second kappa shape index (κ2) is 6.57. The summed E-state index contributed by atoms with van der Waals surface area (Å²) in [6, 6.07) is 3.91. The molecule has 1 unspecified atom stereocenters.